The van der Waals surface area contributed by atoms with Crippen molar-refractivity contribution in [1.29, 1.82) is 0 Å². The minimum Gasteiger partial charge on any atom is -0.394 e. The molecule has 1 aliphatic carbocycles. The molecule has 1 fully saturated rings. The molecule has 2 aliphatic rings. The number of ketones is 1. The highest BCUT2D eigenvalue weighted by Crippen LogP contribution is 2.26. The van der Waals surface area contributed by atoms with Crippen molar-refractivity contribution in [3.8, 4) is 0 Å². The van der Waals surface area contributed by atoms with Gasteiger partial charge in [0.15, 0.2) is 12.1 Å². The SMILES string of the molecule is O=C1C=CC(O)(CCOC2OC(CO)C(O)C(O)C2O)CC1. The highest BCUT2D eigenvalue weighted by molar-refractivity contribution is 5.90. The van der Waals surface area contributed by atoms with E-state index in [1.54, 1.807) is 0 Å². The zero-order valence-electron chi connectivity index (χ0n) is 12.0. The first-order valence-electron chi connectivity index (χ1n) is 7.23. The molecule has 6 atom stereocenters. The summed E-state index contributed by atoms with van der Waals surface area (Å²) in [5.74, 6) is -0.0421. The first-order valence-corrected chi connectivity index (χ1v) is 7.23. The van der Waals surface area contributed by atoms with E-state index in [1.165, 1.54) is 12.2 Å². The van der Waals surface area contributed by atoms with Crippen LogP contribution in [0.3, 0.4) is 0 Å². The van der Waals surface area contributed by atoms with Crippen LogP contribution in [0.4, 0.5) is 0 Å². The van der Waals surface area contributed by atoms with Gasteiger partial charge in [0.2, 0.25) is 0 Å². The number of allylic oxidation sites excluding steroid dienone is 1. The van der Waals surface area contributed by atoms with Crippen molar-refractivity contribution in [2.75, 3.05) is 13.2 Å². The highest BCUT2D eigenvalue weighted by atomic mass is 16.7. The first-order chi connectivity index (χ1) is 10.4. The molecule has 8 heteroatoms. The van der Waals surface area contributed by atoms with Gasteiger partial charge in [-0.1, -0.05) is 0 Å². The van der Waals surface area contributed by atoms with Gasteiger partial charge in [0.25, 0.3) is 0 Å². The molecule has 0 bridgehead atoms. The van der Waals surface area contributed by atoms with Crippen LogP contribution in [-0.4, -0.2) is 80.8 Å². The van der Waals surface area contributed by atoms with Crippen LogP contribution in [0.15, 0.2) is 12.2 Å². The van der Waals surface area contributed by atoms with Crippen molar-refractivity contribution in [1.82, 2.24) is 0 Å². The number of carbonyl (C=O) groups is 1. The van der Waals surface area contributed by atoms with Crippen LogP contribution in [0.5, 0.6) is 0 Å². The maximum absolute atomic E-state index is 11.1. The third kappa shape index (κ3) is 3.90. The second-order valence-electron chi connectivity index (χ2n) is 5.72. The van der Waals surface area contributed by atoms with E-state index in [9.17, 15) is 25.2 Å². The molecule has 0 aromatic carbocycles. The normalized spacial score (nSPS) is 42.6. The molecule has 8 nitrogen and oxygen atoms in total. The van der Waals surface area contributed by atoms with E-state index in [1.807, 2.05) is 0 Å². The summed E-state index contributed by atoms with van der Waals surface area (Å²) in [6, 6.07) is 0. The fourth-order valence-electron chi connectivity index (χ4n) is 2.52. The zero-order chi connectivity index (χ0) is 16.3. The second-order valence-corrected chi connectivity index (χ2v) is 5.72. The van der Waals surface area contributed by atoms with Crippen molar-refractivity contribution in [2.24, 2.45) is 0 Å². The summed E-state index contributed by atoms with van der Waals surface area (Å²) in [7, 11) is 0. The lowest BCUT2D eigenvalue weighted by molar-refractivity contribution is -0.302. The van der Waals surface area contributed by atoms with E-state index in [4.69, 9.17) is 14.6 Å². The fraction of sp³-hybridized carbons (Fsp3) is 0.786. The molecule has 2 rings (SSSR count). The van der Waals surface area contributed by atoms with Crippen LogP contribution in [0.25, 0.3) is 0 Å². The van der Waals surface area contributed by atoms with E-state index in [0.29, 0.717) is 6.42 Å². The van der Waals surface area contributed by atoms with Crippen molar-refractivity contribution in [2.45, 2.75) is 55.6 Å². The number of aliphatic hydroxyl groups excluding tert-OH is 4. The summed E-state index contributed by atoms with van der Waals surface area (Å²) < 4.78 is 10.5. The van der Waals surface area contributed by atoms with Crippen molar-refractivity contribution < 1.29 is 39.8 Å². The number of rotatable bonds is 5. The number of aliphatic hydroxyl groups is 5. The number of hydrogen-bond acceptors (Lipinski definition) is 8. The Balaban J connectivity index is 1.85. The van der Waals surface area contributed by atoms with Gasteiger partial charge in [-0.3, -0.25) is 4.79 Å². The highest BCUT2D eigenvalue weighted by Gasteiger charge is 2.44. The molecule has 126 valence electrons. The molecule has 22 heavy (non-hydrogen) atoms. The molecule has 5 N–H and O–H groups in total. The number of carbonyl (C=O) groups excluding carboxylic acids is 1. The predicted molar refractivity (Wildman–Crippen MR) is 72.7 cm³/mol. The summed E-state index contributed by atoms with van der Waals surface area (Å²) in [4.78, 5) is 11.1. The molecule has 0 saturated carbocycles. The smallest absolute Gasteiger partial charge is 0.186 e. The maximum Gasteiger partial charge on any atom is 0.186 e. The zero-order valence-corrected chi connectivity index (χ0v) is 12.0. The molecule has 1 saturated heterocycles. The Kier molecular flexibility index (Phi) is 5.67. The standard InChI is InChI=1S/C14H22O8/c15-7-9-10(17)11(18)12(19)13(22-9)21-6-5-14(20)3-1-8(16)2-4-14/h1,3,9-13,15,17-20H,2,4-7H2. The van der Waals surface area contributed by atoms with E-state index < -0.39 is 42.9 Å². The summed E-state index contributed by atoms with van der Waals surface area (Å²) >= 11 is 0. The molecule has 0 spiro atoms. The molecule has 0 aromatic rings. The molecule has 0 aromatic heterocycles. The monoisotopic (exact) mass is 318 g/mol. The largest absolute Gasteiger partial charge is 0.394 e. The number of hydrogen-bond donors (Lipinski definition) is 5. The maximum atomic E-state index is 11.1. The van der Waals surface area contributed by atoms with Crippen LogP contribution in [-0.2, 0) is 14.3 Å². The molecular weight excluding hydrogens is 296 g/mol. The lowest BCUT2D eigenvalue weighted by atomic mass is 9.88. The summed E-state index contributed by atoms with van der Waals surface area (Å²) in [6.07, 6.45) is -3.14. The van der Waals surface area contributed by atoms with Gasteiger partial charge in [-0.2, -0.15) is 0 Å². The van der Waals surface area contributed by atoms with Crippen LogP contribution in [0, 0.1) is 0 Å². The molecule has 0 amide bonds. The van der Waals surface area contributed by atoms with Gasteiger partial charge in [-0.15, -0.1) is 0 Å². The second kappa shape index (κ2) is 7.14. The van der Waals surface area contributed by atoms with Gasteiger partial charge < -0.3 is 35.0 Å². The molecule has 1 aliphatic heterocycles. The van der Waals surface area contributed by atoms with E-state index in [0.717, 1.165) is 0 Å². The minimum atomic E-state index is -1.49. The van der Waals surface area contributed by atoms with Crippen molar-refractivity contribution in [3.63, 3.8) is 0 Å². The Morgan fingerprint density at radius 3 is 2.59 bits per heavy atom. The molecule has 1 heterocycles. The quantitative estimate of drug-likeness (QED) is 0.387. The summed E-state index contributed by atoms with van der Waals surface area (Å²) in [5.41, 5.74) is -1.15. The summed E-state index contributed by atoms with van der Waals surface area (Å²) in [6.45, 7) is -0.517. The van der Waals surface area contributed by atoms with E-state index in [-0.39, 0.29) is 25.2 Å². The molecule has 6 unspecified atom stereocenters. The lowest BCUT2D eigenvalue weighted by Crippen LogP contribution is -2.59. The third-order valence-corrected chi connectivity index (χ3v) is 4.05. The van der Waals surface area contributed by atoms with Crippen molar-refractivity contribution >= 4 is 5.78 Å². The van der Waals surface area contributed by atoms with Gasteiger partial charge in [0.05, 0.1) is 18.8 Å². The Labute approximate surface area is 127 Å². The van der Waals surface area contributed by atoms with Gasteiger partial charge in [-0.25, -0.2) is 0 Å². The Hall–Kier alpha value is -0.870. The Morgan fingerprint density at radius 1 is 1.27 bits per heavy atom. The average molecular weight is 318 g/mol. The van der Waals surface area contributed by atoms with Gasteiger partial charge in [0, 0.05) is 12.8 Å². The van der Waals surface area contributed by atoms with Crippen LogP contribution < -0.4 is 0 Å². The fourth-order valence-corrected chi connectivity index (χ4v) is 2.52. The predicted octanol–water partition coefficient (Wildman–Crippen LogP) is -2.16. The minimum absolute atomic E-state index is 0.0116. The topological polar surface area (TPSA) is 137 Å². The van der Waals surface area contributed by atoms with Crippen LogP contribution >= 0.6 is 0 Å². The molecule has 0 radical (unpaired) electrons. The average Bonchev–Trinajstić information content (AvgIpc) is 2.50. The van der Waals surface area contributed by atoms with E-state index >= 15 is 0 Å². The summed E-state index contributed by atoms with van der Waals surface area (Å²) in [5, 5.41) is 48.3. The van der Waals surface area contributed by atoms with Gasteiger partial charge in [0.1, 0.15) is 24.4 Å². The Morgan fingerprint density at radius 2 is 2.00 bits per heavy atom. The van der Waals surface area contributed by atoms with Crippen LogP contribution in [0.2, 0.25) is 0 Å². The molecular formula is C14H22O8. The first kappa shape index (κ1) is 17.5. The van der Waals surface area contributed by atoms with Crippen molar-refractivity contribution in [3.05, 3.63) is 12.2 Å². The van der Waals surface area contributed by atoms with E-state index in [2.05, 4.69) is 0 Å². The number of ether oxygens (including phenoxy) is 2. The lowest BCUT2D eigenvalue weighted by Gasteiger charge is -2.40. The van der Waals surface area contributed by atoms with Crippen LogP contribution in [0.1, 0.15) is 19.3 Å². The van der Waals surface area contributed by atoms with Gasteiger partial charge in [-0.05, 0) is 18.6 Å². The van der Waals surface area contributed by atoms with Gasteiger partial charge >= 0.3 is 0 Å². The Bertz CT molecular complexity index is 423. The third-order valence-electron chi connectivity index (χ3n) is 4.05.